The minimum Gasteiger partial charge on any atom is -0.468 e. The van der Waals surface area contributed by atoms with E-state index in [0.29, 0.717) is 10.7 Å². The SMILES string of the molecule is COC(=O)C1CCCN1CC(=O)Nc1ccccc1Cl. The number of hydrogen-bond donors (Lipinski definition) is 1. The van der Waals surface area contributed by atoms with Crippen molar-refractivity contribution in [2.24, 2.45) is 0 Å². The average Bonchev–Trinajstić information content (AvgIpc) is 2.88. The van der Waals surface area contributed by atoms with Crippen molar-refractivity contribution in [1.82, 2.24) is 4.90 Å². The molecule has 1 fully saturated rings. The summed E-state index contributed by atoms with van der Waals surface area (Å²) in [7, 11) is 1.36. The van der Waals surface area contributed by atoms with Crippen LogP contribution in [-0.2, 0) is 14.3 Å². The molecule has 1 N–H and O–H groups in total. The van der Waals surface area contributed by atoms with Crippen molar-refractivity contribution in [1.29, 1.82) is 0 Å². The van der Waals surface area contributed by atoms with Gasteiger partial charge in [0.1, 0.15) is 6.04 Å². The predicted octanol–water partition coefficient (Wildman–Crippen LogP) is 1.92. The third kappa shape index (κ3) is 3.49. The number of nitrogens with zero attached hydrogens (tertiary/aromatic N) is 1. The van der Waals surface area contributed by atoms with Crippen LogP contribution in [0.2, 0.25) is 5.02 Å². The molecule has 2 rings (SSSR count). The number of hydrogen-bond acceptors (Lipinski definition) is 4. The first-order valence-electron chi connectivity index (χ1n) is 6.48. The van der Waals surface area contributed by atoms with Crippen LogP contribution in [-0.4, -0.2) is 43.0 Å². The lowest BCUT2D eigenvalue weighted by Gasteiger charge is -2.21. The fourth-order valence-corrected chi connectivity index (χ4v) is 2.54. The first-order valence-corrected chi connectivity index (χ1v) is 6.86. The van der Waals surface area contributed by atoms with Crippen LogP contribution in [0.5, 0.6) is 0 Å². The van der Waals surface area contributed by atoms with E-state index in [1.54, 1.807) is 24.3 Å². The minimum atomic E-state index is -0.322. The Hall–Kier alpha value is -1.59. The van der Waals surface area contributed by atoms with Gasteiger partial charge in [-0.15, -0.1) is 0 Å². The molecule has 1 aromatic carbocycles. The van der Waals surface area contributed by atoms with Gasteiger partial charge < -0.3 is 10.1 Å². The standard InChI is InChI=1S/C14H17ClN2O3/c1-20-14(19)12-7-4-8-17(12)9-13(18)16-11-6-3-2-5-10(11)15/h2-3,5-6,12H,4,7-9H2,1H3,(H,16,18). The first kappa shape index (κ1) is 14.8. The molecule has 1 aliphatic rings. The molecule has 5 nitrogen and oxygen atoms in total. The summed E-state index contributed by atoms with van der Waals surface area (Å²) in [5, 5.41) is 3.24. The first-order chi connectivity index (χ1) is 9.61. The Bertz CT molecular complexity index is 507. The largest absolute Gasteiger partial charge is 0.468 e. The van der Waals surface area contributed by atoms with E-state index < -0.39 is 0 Å². The van der Waals surface area contributed by atoms with Gasteiger partial charge in [0, 0.05) is 0 Å². The number of rotatable bonds is 4. The normalized spacial score (nSPS) is 18.8. The monoisotopic (exact) mass is 296 g/mol. The number of ether oxygens (including phenoxy) is 1. The van der Waals surface area contributed by atoms with Gasteiger partial charge in [0.2, 0.25) is 5.91 Å². The highest BCUT2D eigenvalue weighted by Gasteiger charge is 2.32. The maximum atomic E-state index is 12.0. The van der Waals surface area contributed by atoms with Crippen molar-refractivity contribution >= 4 is 29.2 Å². The van der Waals surface area contributed by atoms with Gasteiger partial charge in [0.25, 0.3) is 0 Å². The van der Waals surface area contributed by atoms with Gasteiger partial charge in [-0.25, -0.2) is 0 Å². The average molecular weight is 297 g/mol. The smallest absolute Gasteiger partial charge is 0.323 e. The zero-order valence-electron chi connectivity index (χ0n) is 11.3. The number of anilines is 1. The van der Waals surface area contributed by atoms with E-state index in [1.807, 2.05) is 4.90 Å². The third-order valence-corrected chi connectivity index (χ3v) is 3.66. The molecule has 108 valence electrons. The van der Waals surface area contributed by atoms with E-state index in [4.69, 9.17) is 16.3 Å². The summed E-state index contributed by atoms with van der Waals surface area (Å²) in [6, 6.07) is 6.73. The van der Waals surface area contributed by atoms with Crippen LogP contribution >= 0.6 is 11.6 Å². The van der Waals surface area contributed by atoms with Crippen molar-refractivity contribution in [2.45, 2.75) is 18.9 Å². The van der Waals surface area contributed by atoms with E-state index in [-0.39, 0.29) is 24.5 Å². The molecule has 1 atom stereocenters. The summed E-state index contributed by atoms with van der Waals surface area (Å²) >= 11 is 5.98. The van der Waals surface area contributed by atoms with E-state index in [9.17, 15) is 9.59 Å². The molecule has 0 spiro atoms. The Morgan fingerprint density at radius 3 is 2.90 bits per heavy atom. The fourth-order valence-electron chi connectivity index (χ4n) is 2.36. The molecule has 0 aromatic heterocycles. The van der Waals surface area contributed by atoms with Crippen LogP contribution in [0, 0.1) is 0 Å². The maximum absolute atomic E-state index is 12.0. The summed E-state index contributed by atoms with van der Waals surface area (Å²) in [5.41, 5.74) is 0.577. The number of likely N-dealkylation sites (tertiary alicyclic amines) is 1. The Morgan fingerprint density at radius 2 is 2.20 bits per heavy atom. The lowest BCUT2D eigenvalue weighted by Crippen LogP contribution is -2.41. The number of esters is 1. The van der Waals surface area contributed by atoms with E-state index >= 15 is 0 Å². The van der Waals surface area contributed by atoms with Crippen molar-refractivity contribution < 1.29 is 14.3 Å². The molecule has 1 unspecified atom stereocenters. The summed E-state index contributed by atoms with van der Waals surface area (Å²) in [6.07, 6.45) is 1.62. The number of nitrogens with one attached hydrogen (secondary N) is 1. The van der Waals surface area contributed by atoms with Gasteiger partial charge >= 0.3 is 5.97 Å². The summed E-state index contributed by atoms with van der Waals surface area (Å²) in [4.78, 5) is 25.4. The highest BCUT2D eigenvalue weighted by Crippen LogP contribution is 2.21. The fraction of sp³-hybridized carbons (Fsp3) is 0.429. The highest BCUT2D eigenvalue weighted by atomic mass is 35.5. The molecular formula is C14H17ClN2O3. The van der Waals surface area contributed by atoms with Crippen molar-refractivity contribution in [2.75, 3.05) is 25.5 Å². The van der Waals surface area contributed by atoms with E-state index in [2.05, 4.69) is 5.32 Å². The number of para-hydroxylation sites is 1. The lowest BCUT2D eigenvalue weighted by atomic mass is 10.2. The maximum Gasteiger partial charge on any atom is 0.323 e. The molecule has 20 heavy (non-hydrogen) atoms. The Kier molecular flexibility index (Phi) is 4.98. The Labute approximate surface area is 122 Å². The van der Waals surface area contributed by atoms with Crippen molar-refractivity contribution in [3.63, 3.8) is 0 Å². The lowest BCUT2D eigenvalue weighted by molar-refractivity contribution is -0.146. The summed E-state index contributed by atoms with van der Waals surface area (Å²) in [5.74, 6) is -0.470. The second-order valence-corrected chi connectivity index (χ2v) is 5.09. The molecular weight excluding hydrogens is 280 g/mol. The molecule has 0 saturated carbocycles. The van der Waals surface area contributed by atoms with Crippen molar-refractivity contribution in [3.05, 3.63) is 29.3 Å². The molecule has 6 heteroatoms. The number of carbonyl (C=O) groups excluding carboxylic acids is 2. The number of benzene rings is 1. The molecule has 0 bridgehead atoms. The van der Waals surface area contributed by atoms with E-state index in [0.717, 1.165) is 19.4 Å². The van der Waals surface area contributed by atoms with Crippen molar-refractivity contribution in [3.8, 4) is 0 Å². The van der Waals surface area contributed by atoms with Crippen LogP contribution in [0.4, 0.5) is 5.69 Å². The van der Waals surface area contributed by atoms with Gasteiger partial charge in [0.05, 0.1) is 24.4 Å². The molecule has 1 heterocycles. The predicted molar refractivity (Wildman–Crippen MR) is 76.7 cm³/mol. The zero-order valence-corrected chi connectivity index (χ0v) is 12.0. The minimum absolute atomic E-state index is 0.158. The van der Waals surface area contributed by atoms with Crippen LogP contribution in [0.25, 0.3) is 0 Å². The number of methoxy groups -OCH3 is 1. The van der Waals surface area contributed by atoms with Crippen LogP contribution in [0.3, 0.4) is 0 Å². The quantitative estimate of drug-likeness (QED) is 0.863. The molecule has 1 amide bonds. The van der Waals surface area contributed by atoms with Crippen LogP contribution in [0.1, 0.15) is 12.8 Å². The topological polar surface area (TPSA) is 58.6 Å². The van der Waals surface area contributed by atoms with E-state index in [1.165, 1.54) is 7.11 Å². The number of amides is 1. The van der Waals surface area contributed by atoms with Gasteiger partial charge in [-0.05, 0) is 31.5 Å². The second kappa shape index (κ2) is 6.72. The van der Waals surface area contributed by atoms with Gasteiger partial charge in [-0.2, -0.15) is 0 Å². The number of carbonyl (C=O) groups is 2. The molecule has 0 aliphatic carbocycles. The Balaban J connectivity index is 1.94. The molecule has 1 aromatic rings. The highest BCUT2D eigenvalue weighted by molar-refractivity contribution is 6.33. The number of halogens is 1. The van der Waals surface area contributed by atoms with Crippen LogP contribution < -0.4 is 5.32 Å². The van der Waals surface area contributed by atoms with Crippen LogP contribution in [0.15, 0.2) is 24.3 Å². The summed E-state index contributed by atoms with van der Waals surface area (Å²) < 4.78 is 4.75. The van der Waals surface area contributed by atoms with Gasteiger partial charge in [0.15, 0.2) is 0 Å². The second-order valence-electron chi connectivity index (χ2n) is 4.68. The van der Waals surface area contributed by atoms with Gasteiger partial charge in [-0.1, -0.05) is 23.7 Å². The van der Waals surface area contributed by atoms with Gasteiger partial charge in [-0.3, -0.25) is 14.5 Å². The molecule has 1 aliphatic heterocycles. The molecule has 1 saturated heterocycles. The Morgan fingerprint density at radius 1 is 1.45 bits per heavy atom. The zero-order chi connectivity index (χ0) is 14.5. The third-order valence-electron chi connectivity index (χ3n) is 3.33. The molecule has 0 radical (unpaired) electrons. The summed E-state index contributed by atoms with van der Waals surface area (Å²) in [6.45, 7) is 0.876.